The molecular formula is C13H19NO3. The number of benzene rings is 1. The van der Waals surface area contributed by atoms with Crippen LogP contribution < -0.4 is 5.32 Å². The van der Waals surface area contributed by atoms with Gasteiger partial charge in [-0.15, -0.1) is 0 Å². The first kappa shape index (κ1) is 13.4. The molecule has 1 amide bonds. The van der Waals surface area contributed by atoms with Crippen LogP contribution in [0.4, 0.5) is 0 Å². The van der Waals surface area contributed by atoms with Crippen LogP contribution in [0.5, 0.6) is 11.5 Å². The highest BCUT2D eigenvalue weighted by molar-refractivity contribution is 5.99. The normalized spacial score (nSPS) is 12.5. The van der Waals surface area contributed by atoms with Crippen molar-refractivity contribution in [2.24, 2.45) is 11.8 Å². The van der Waals surface area contributed by atoms with Gasteiger partial charge in [-0.05, 0) is 24.0 Å². The van der Waals surface area contributed by atoms with Crippen molar-refractivity contribution in [3.05, 3.63) is 23.8 Å². The van der Waals surface area contributed by atoms with E-state index in [1.165, 1.54) is 18.2 Å². The van der Waals surface area contributed by atoms with Crippen LogP contribution in [0.3, 0.4) is 0 Å². The number of phenols is 2. The second-order valence-corrected chi connectivity index (χ2v) is 4.60. The maximum atomic E-state index is 11.8. The standard InChI is InChI=1S/C13H19NO3/c1-8(2)9(3)7-14-13(17)12-10(15)5-4-6-11(12)16/h4-6,8-9,15-16H,7H2,1-3H3,(H,14,17). The summed E-state index contributed by atoms with van der Waals surface area (Å²) in [5, 5.41) is 21.7. The van der Waals surface area contributed by atoms with Gasteiger partial charge in [0.05, 0.1) is 0 Å². The van der Waals surface area contributed by atoms with E-state index in [0.29, 0.717) is 18.4 Å². The van der Waals surface area contributed by atoms with E-state index in [-0.39, 0.29) is 17.1 Å². The average Bonchev–Trinajstić information content (AvgIpc) is 2.25. The first-order valence-electron chi connectivity index (χ1n) is 5.72. The highest BCUT2D eigenvalue weighted by Gasteiger charge is 2.17. The molecule has 4 nitrogen and oxygen atoms in total. The zero-order valence-electron chi connectivity index (χ0n) is 10.4. The number of rotatable bonds is 4. The molecule has 4 heteroatoms. The van der Waals surface area contributed by atoms with Crippen molar-refractivity contribution in [2.75, 3.05) is 6.54 Å². The van der Waals surface area contributed by atoms with Gasteiger partial charge in [-0.3, -0.25) is 4.79 Å². The van der Waals surface area contributed by atoms with Crippen LogP contribution >= 0.6 is 0 Å². The molecule has 0 bridgehead atoms. The predicted molar refractivity (Wildman–Crippen MR) is 66.1 cm³/mol. The van der Waals surface area contributed by atoms with Crippen molar-refractivity contribution in [1.82, 2.24) is 5.32 Å². The van der Waals surface area contributed by atoms with Crippen molar-refractivity contribution in [1.29, 1.82) is 0 Å². The summed E-state index contributed by atoms with van der Waals surface area (Å²) in [7, 11) is 0. The molecule has 1 atom stereocenters. The molecule has 0 aliphatic rings. The number of aromatic hydroxyl groups is 2. The lowest BCUT2D eigenvalue weighted by Crippen LogP contribution is -2.30. The molecule has 0 fully saturated rings. The van der Waals surface area contributed by atoms with Crippen molar-refractivity contribution in [2.45, 2.75) is 20.8 Å². The summed E-state index contributed by atoms with van der Waals surface area (Å²) in [4.78, 5) is 11.8. The van der Waals surface area contributed by atoms with Crippen molar-refractivity contribution >= 4 is 5.91 Å². The lowest BCUT2D eigenvalue weighted by atomic mass is 9.98. The summed E-state index contributed by atoms with van der Waals surface area (Å²) < 4.78 is 0. The van der Waals surface area contributed by atoms with Crippen LogP contribution in [0.1, 0.15) is 31.1 Å². The molecule has 1 rings (SSSR count). The molecular weight excluding hydrogens is 218 g/mol. The molecule has 0 saturated carbocycles. The highest BCUT2D eigenvalue weighted by Crippen LogP contribution is 2.25. The van der Waals surface area contributed by atoms with E-state index in [2.05, 4.69) is 19.2 Å². The third-order valence-corrected chi connectivity index (χ3v) is 2.97. The zero-order chi connectivity index (χ0) is 13.0. The molecule has 94 valence electrons. The third kappa shape index (κ3) is 3.37. The predicted octanol–water partition coefficient (Wildman–Crippen LogP) is 2.12. The first-order chi connectivity index (χ1) is 7.93. The molecule has 0 aromatic heterocycles. The smallest absolute Gasteiger partial charge is 0.258 e. The number of phenolic OH excluding ortho intramolecular Hbond substituents is 2. The van der Waals surface area contributed by atoms with Crippen LogP contribution in [-0.4, -0.2) is 22.7 Å². The van der Waals surface area contributed by atoms with Crippen molar-refractivity contribution in [3.8, 4) is 11.5 Å². The number of hydrogen-bond acceptors (Lipinski definition) is 3. The fourth-order valence-corrected chi connectivity index (χ4v) is 1.34. The van der Waals surface area contributed by atoms with Gasteiger partial charge < -0.3 is 15.5 Å². The van der Waals surface area contributed by atoms with Gasteiger partial charge in [-0.25, -0.2) is 0 Å². The molecule has 0 spiro atoms. The number of carbonyl (C=O) groups is 1. The summed E-state index contributed by atoms with van der Waals surface area (Å²) in [6.07, 6.45) is 0. The van der Waals surface area contributed by atoms with Gasteiger partial charge in [0.2, 0.25) is 0 Å². The maximum absolute atomic E-state index is 11.8. The van der Waals surface area contributed by atoms with Gasteiger partial charge in [0, 0.05) is 6.54 Å². The Morgan fingerprint density at radius 1 is 1.24 bits per heavy atom. The maximum Gasteiger partial charge on any atom is 0.258 e. The minimum atomic E-state index is -0.451. The van der Waals surface area contributed by atoms with E-state index in [1.54, 1.807) is 0 Å². The van der Waals surface area contributed by atoms with E-state index in [0.717, 1.165) is 0 Å². The molecule has 0 saturated heterocycles. The number of amides is 1. The second kappa shape index (κ2) is 5.57. The number of hydrogen-bond donors (Lipinski definition) is 3. The average molecular weight is 237 g/mol. The van der Waals surface area contributed by atoms with Crippen LogP contribution in [0.15, 0.2) is 18.2 Å². The van der Waals surface area contributed by atoms with Crippen LogP contribution in [0, 0.1) is 11.8 Å². The Labute approximate surface area is 101 Å². The monoisotopic (exact) mass is 237 g/mol. The summed E-state index contributed by atoms with van der Waals surface area (Å²) in [5.74, 6) is -0.0623. The first-order valence-corrected chi connectivity index (χ1v) is 5.72. The molecule has 1 aromatic carbocycles. The zero-order valence-corrected chi connectivity index (χ0v) is 10.4. The summed E-state index contributed by atoms with van der Waals surface area (Å²) >= 11 is 0. The minimum absolute atomic E-state index is 0.0662. The van der Waals surface area contributed by atoms with Crippen LogP contribution in [0.2, 0.25) is 0 Å². The van der Waals surface area contributed by atoms with E-state index in [9.17, 15) is 15.0 Å². The highest BCUT2D eigenvalue weighted by atomic mass is 16.3. The summed E-state index contributed by atoms with van der Waals surface area (Å²) in [6.45, 7) is 6.71. The van der Waals surface area contributed by atoms with E-state index >= 15 is 0 Å². The molecule has 17 heavy (non-hydrogen) atoms. The van der Waals surface area contributed by atoms with Crippen LogP contribution in [0.25, 0.3) is 0 Å². The summed E-state index contributed by atoms with van der Waals surface area (Å²) in [5.41, 5.74) is -0.0662. The molecule has 0 radical (unpaired) electrons. The SMILES string of the molecule is CC(C)C(C)CNC(=O)c1c(O)cccc1O. The largest absolute Gasteiger partial charge is 0.507 e. The summed E-state index contributed by atoms with van der Waals surface area (Å²) in [6, 6.07) is 4.24. The Morgan fingerprint density at radius 2 is 1.76 bits per heavy atom. The lowest BCUT2D eigenvalue weighted by Gasteiger charge is -2.16. The molecule has 1 aromatic rings. The Bertz CT molecular complexity index is 381. The lowest BCUT2D eigenvalue weighted by molar-refractivity contribution is 0.0939. The second-order valence-electron chi connectivity index (χ2n) is 4.60. The molecule has 0 heterocycles. The van der Waals surface area contributed by atoms with Crippen molar-refractivity contribution < 1.29 is 15.0 Å². The Kier molecular flexibility index (Phi) is 4.37. The van der Waals surface area contributed by atoms with Gasteiger partial charge >= 0.3 is 0 Å². The molecule has 0 aliphatic heterocycles. The van der Waals surface area contributed by atoms with E-state index < -0.39 is 5.91 Å². The Morgan fingerprint density at radius 3 is 2.24 bits per heavy atom. The quantitative estimate of drug-likeness (QED) is 0.751. The van der Waals surface area contributed by atoms with Crippen LogP contribution in [-0.2, 0) is 0 Å². The Hall–Kier alpha value is -1.71. The van der Waals surface area contributed by atoms with Gasteiger partial charge in [0.25, 0.3) is 5.91 Å². The Balaban J connectivity index is 2.71. The number of carbonyl (C=O) groups excluding carboxylic acids is 1. The van der Waals surface area contributed by atoms with Crippen molar-refractivity contribution in [3.63, 3.8) is 0 Å². The van der Waals surface area contributed by atoms with Gasteiger partial charge in [0.1, 0.15) is 17.1 Å². The van der Waals surface area contributed by atoms with Gasteiger partial charge in [-0.2, -0.15) is 0 Å². The van der Waals surface area contributed by atoms with E-state index in [4.69, 9.17) is 0 Å². The fraction of sp³-hybridized carbons (Fsp3) is 0.462. The fourth-order valence-electron chi connectivity index (χ4n) is 1.34. The molecule has 1 unspecified atom stereocenters. The van der Waals surface area contributed by atoms with Gasteiger partial charge in [-0.1, -0.05) is 26.8 Å². The number of nitrogens with one attached hydrogen (secondary N) is 1. The van der Waals surface area contributed by atoms with Gasteiger partial charge in [0.15, 0.2) is 0 Å². The minimum Gasteiger partial charge on any atom is -0.507 e. The van der Waals surface area contributed by atoms with E-state index in [1.807, 2.05) is 6.92 Å². The topological polar surface area (TPSA) is 69.6 Å². The third-order valence-electron chi connectivity index (χ3n) is 2.97. The molecule has 3 N–H and O–H groups in total. The molecule has 0 aliphatic carbocycles.